The number of fused-ring (bicyclic) bond motifs is 1. The second kappa shape index (κ2) is 6.54. The number of pyridine rings is 1. The van der Waals surface area contributed by atoms with E-state index in [-0.39, 0.29) is 0 Å². The van der Waals surface area contributed by atoms with E-state index in [0.29, 0.717) is 18.1 Å². The van der Waals surface area contributed by atoms with Gasteiger partial charge in [0.1, 0.15) is 0 Å². The molecule has 0 spiro atoms. The zero-order valence-electron chi connectivity index (χ0n) is 12.9. The highest BCUT2D eigenvalue weighted by Crippen LogP contribution is 2.34. The van der Waals surface area contributed by atoms with E-state index >= 15 is 0 Å². The lowest BCUT2D eigenvalue weighted by atomic mass is 9.89. The summed E-state index contributed by atoms with van der Waals surface area (Å²) in [6.07, 6.45) is 4.50. The van der Waals surface area contributed by atoms with Crippen molar-refractivity contribution >= 4 is 10.9 Å². The Bertz CT molecular complexity index is 593. The number of nitrogens with one attached hydrogen (secondary N) is 1. The molecule has 0 aliphatic carbocycles. The smallest absolute Gasteiger partial charge is 0.0749 e. The van der Waals surface area contributed by atoms with E-state index in [9.17, 15) is 0 Å². The molecule has 1 aliphatic rings. The van der Waals surface area contributed by atoms with E-state index in [1.165, 1.54) is 10.9 Å². The SMILES string of the molecule is CCCNC(c1cccc2cccnc12)C1COC(C)C1. The number of rotatable bonds is 5. The molecule has 2 heterocycles. The third-order valence-corrected chi connectivity index (χ3v) is 4.31. The van der Waals surface area contributed by atoms with Crippen LogP contribution in [-0.4, -0.2) is 24.2 Å². The summed E-state index contributed by atoms with van der Waals surface area (Å²) in [6.45, 7) is 6.24. The number of para-hydroxylation sites is 1. The van der Waals surface area contributed by atoms with Gasteiger partial charge in [0.25, 0.3) is 0 Å². The fourth-order valence-electron chi connectivity index (χ4n) is 3.29. The Hall–Kier alpha value is -1.45. The van der Waals surface area contributed by atoms with Crippen molar-refractivity contribution in [2.75, 3.05) is 13.2 Å². The molecule has 1 aromatic carbocycles. The van der Waals surface area contributed by atoms with E-state index in [4.69, 9.17) is 4.74 Å². The number of benzene rings is 1. The first-order chi connectivity index (χ1) is 10.3. The van der Waals surface area contributed by atoms with E-state index in [1.54, 1.807) is 0 Å². The average molecular weight is 284 g/mol. The van der Waals surface area contributed by atoms with Gasteiger partial charge in [-0.15, -0.1) is 0 Å². The van der Waals surface area contributed by atoms with Crippen LogP contribution in [-0.2, 0) is 4.74 Å². The average Bonchev–Trinajstić information content (AvgIpc) is 2.94. The van der Waals surface area contributed by atoms with Crippen molar-refractivity contribution in [1.29, 1.82) is 0 Å². The summed E-state index contributed by atoms with van der Waals surface area (Å²) in [6, 6.07) is 11.0. The molecule has 21 heavy (non-hydrogen) atoms. The van der Waals surface area contributed by atoms with Gasteiger partial charge in [-0.25, -0.2) is 0 Å². The largest absolute Gasteiger partial charge is 0.378 e. The molecule has 3 nitrogen and oxygen atoms in total. The maximum Gasteiger partial charge on any atom is 0.0749 e. The second-order valence-corrected chi connectivity index (χ2v) is 5.99. The van der Waals surface area contributed by atoms with Crippen molar-refractivity contribution in [2.24, 2.45) is 5.92 Å². The first kappa shape index (κ1) is 14.5. The minimum Gasteiger partial charge on any atom is -0.378 e. The molecular formula is C18H24N2O. The van der Waals surface area contributed by atoms with Gasteiger partial charge in [0.05, 0.1) is 18.2 Å². The van der Waals surface area contributed by atoms with Gasteiger partial charge in [0.15, 0.2) is 0 Å². The van der Waals surface area contributed by atoms with Gasteiger partial charge in [0.2, 0.25) is 0 Å². The lowest BCUT2D eigenvalue weighted by molar-refractivity contribution is 0.117. The molecule has 0 amide bonds. The first-order valence-electron chi connectivity index (χ1n) is 7.98. The third-order valence-electron chi connectivity index (χ3n) is 4.31. The predicted molar refractivity (Wildman–Crippen MR) is 86.3 cm³/mol. The molecular weight excluding hydrogens is 260 g/mol. The second-order valence-electron chi connectivity index (χ2n) is 5.99. The first-order valence-corrected chi connectivity index (χ1v) is 7.98. The van der Waals surface area contributed by atoms with Crippen molar-refractivity contribution in [3.8, 4) is 0 Å². The van der Waals surface area contributed by atoms with E-state index in [0.717, 1.165) is 31.5 Å². The van der Waals surface area contributed by atoms with Gasteiger partial charge < -0.3 is 10.1 Å². The zero-order valence-corrected chi connectivity index (χ0v) is 12.9. The minimum atomic E-state index is 0.327. The van der Waals surface area contributed by atoms with Crippen molar-refractivity contribution in [2.45, 2.75) is 38.8 Å². The number of hydrogen-bond acceptors (Lipinski definition) is 3. The Kier molecular flexibility index (Phi) is 4.51. The van der Waals surface area contributed by atoms with Crippen LogP contribution in [0, 0.1) is 5.92 Å². The molecule has 3 heteroatoms. The molecule has 1 fully saturated rings. The summed E-state index contributed by atoms with van der Waals surface area (Å²) in [7, 11) is 0. The van der Waals surface area contributed by atoms with Crippen LogP contribution in [0.25, 0.3) is 10.9 Å². The third kappa shape index (κ3) is 3.09. The maximum atomic E-state index is 5.80. The minimum absolute atomic E-state index is 0.327. The van der Waals surface area contributed by atoms with Gasteiger partial charge in [0, 0.05) is 23.5 Å². The van der Waals surface area contributed by atoms with Gasteiger partial charge >= 0.3 is 0 Å². The molecule has 3 unspecified atom stereocenters. The Morgan fingerprint density at radius 1 is 1.33 bits per heavy atom. The normalized spacial score (nSPS) is 23.5. The molecule has 0 radical (unpaired) electrons. The van der Waals surface area contributed by atoms with Gasteiger partial charge in [-0.3, -0.25) is 4.98 Å². The molecule has 1 saturated heterocycles. The molecule has 1 N–H and O–H groups in total. The standard InChI is InChI=1S/C18H24N2O/c1-3-9-19-18(15-11-13(2)21-12-15)16-8-4-6-14-7-5-10-20-17(14)16/h4-8,10,13,15,18-19H,3,9,11-12H2,1-2H3. The summed E-state index contributed by atoms with van der Waals surface area (Å²) in [5.41, 5.74) is 2.43. The number of nitrogens with zero attached hydrogens (tertiary/aromatic N) is 1. The van der Waals surface area contributed by atoms with Crippen molar-refractivity contribution < 1.29 is 4.74 Å². The van der Waals surface area contributed by atoms with Crippen LogP contribution in [0.5, 0.6) is 0 Å². The van der Waals surface area contributed by atoms with Gasteiger partial charge in [-0.2, -0.15) is 0 Å². The highest BCUT2D eigenvalue weighted by Gasteiger charge is 2.31. The Labute approximate surface area is 126 Å². The van der Waals surface area contributed by atoms with Crippen LogP contribution >= 0.6 is 0 Å². The highest BCUT2D eigenvalue weighted by atomic mass is 16.5. The van der Waals surface area contributed by atoms with Crippen LogP contribution in [0.1, 0.15) is 38.3 Å². The van der Waals surface area contributed by atoms with Crippen molar-refractivity contribution in [3.63, 3.8) is 0 Å². The summed E-state index contributed by atoms with van der Waals surface area (Å²) in [5.74, 6) is 0.527. The van der Waals surface area contributed by atoms with E-state index < -0.39 is 0 Å². The number of ether oxygens (including phenoxy) is 1. The fourth-order valence-corrected chi connectivity index (χ4v) is 3.29. The fraction of sp³-hybridized carbons (Fsp3) is 0.500. The zero-order chi connectivity index (χ0) is 14.7. The summed E-state index contributed by atoms with van der Waals surface area (Å²) in [5, 5.41) is 4.93. The van der Waals surface area contributed by atoms with E-state index in [2.05, 4.69) is 48.4 Å². The van der Waals surface area contributed by atoms with Crippen LogP contribution < -0.4 is 5.32 Å². The van der Waals surface area contributed by atoms with Crippen LogP contribution in [0.2, 0.25) is 0 Å². The molecule has 2 aromatic rings. The molecule has 1 aromatic heterocycles. The van der Waals surface area contributed by atoms with E-state index in [1.807, 2.05) is 12.3 Å². The molecule has 1 aliphatic heterocycles. The summed E-state index contributed by atoms with van der Waals surface area (Å²) >= 11 is 0. The quantitative estimate of drug-likeness (QED) is 0.909. The predicted octanol–water partition coefficient (Wildman–Crippen LogP) is 3.70. The Morgan fingerprint density at radius 3 is 2.95 bits per heavy atom. The lowest BCUT2D eigenvalue weighted by Crippen LogP contribution is -2.29. The maximum absolute atomic E-state index is 5.80. The molecule has 3 atom stereocenters. The highest BCUT2D eigenvalue weighted by molar-refractivity contribution is 5.82. The molecule has 0 bridgehead atoms. The van der Waals surface area contributed by atoms with Crippen LogP contribution in [0.3, 0.4) is 0 Å². The number of aromatic nitrogens is 1. The van der Waals surface area contributed by atoms with Crippen molar-refractivity contribution in [3.05, 3.63) is 42.1 Å². The van der Waals surface area contributed by atoms with Crippen LogP contribution in [0.4, 0.5) is 0 Å². The molecule has 112 valence electrons. The summed E-state index contributed by atoms with van der Waals surface area (Å²) < 4.78 is 5.80. The topological polar surface area (TPSA) is 34.2 Å². The van der Waals surface area contributed by atoms with Crippen molar-refractivity contribution in [1.82, 2.24) is 10.3 Å². The lowest BCUT2D eigenvalue weighted by Gasteiger charge is -2.25. The number of hydrogen-bond donors (Lipinski definition) is 1. The Morgan fingerprint density at radius 2 is 2.19 bits per heavy atom. The van der Waals surface area contributed by atoms with Gasteiger partial charge in [-0.1, -0.05) is 31.2 Å². The van der Waals surface area contributed by atoms with Crippen LogP contribution in [0.15, 0.2) is 36.5 Å². The summed E-state index contributed by atoms with van der Waals surface area (Å²) in [4.78, 5) is 4.62. The monoisotopic (exact) mass is 284 g/mol. The molecule has 3 rings (SSSR count). The Balaban J connectivity index is 1.97. The molecule has 0 saturated carbocycles. The van der Waals surface area contributed by atoms with Gasteiger partial charge in [-0.05, 0) is 37.9 Å².